The number of ether oxygens (including phenoxy) is 1. The summed E-state index contributed by atoms with van der Waals surface area (Å²) in [7, 11) is 0. The Labute approximate surface area is 138 Å². The Morgan fingerprint density at radius 2 is 1.81 bits per heavy atom. The zero-order valence-electron chi connectivity index (χ0n) is 11.0. The van der Waals surface area contributed by atoms with Gasteiger partial charge >= 0.3 is 0 Å². The molecular formula is C15H14Cl3NO2. The van der Waals surface area contributed by atoms with Crippen LogP contribution in [0.2, 0.25) is 15.1 Å². The zero-order chi connectivity index (χ0) is 15.2. The van der Waals surface area contributed by atoms with E-state index in [0.29, 0.717) is 26.5 Å². The predicted molar refractivity (Wildman–Crippen MR) is 87.9 cm³/mol. The maximum absolute atomic E-state index is 9.92. The molecule has 2 aromatic carbocycles. The highest BCUT2D eigenvalue weighted by molar-refractivity contribution is 6.35. The molecule has 21 heavy (non-hydrogen) atoms. The summed E-state index contributed by atoms with van der Waals surface area (Å²) in [6.45, 7) is 0.402. The van der Waals surface area contributed by atoms with Gasteiger partial charge in [0.15, 0.2) is 0 Å². The van der Waals surface area contributed by atoms with Crippen LogP contribution in [0.4, 0.5) is 5.69 Å². The Balaban J connectivity index is 1.84. The molecule has 0 amide bonds. The van der Waals surface area contributed by atoms with Gasteiger partial charge in [-0.25, -0.2) is 0 Å². The van der Waals surface area contributed by atoms with Crippen LogP contribution in [0.1, 0.15) is 0 Å². The largest absolute Gasteiger partial charge is 0.489 e. The number of rotatable bonds is 6. The topological polar surface area (TPSA) is 41.5 Å². The molecule has 2 N–H and O–H groups in total. The molecule has 0 aliphatic rings. The molecule has 0 heterocycles. The lowest BCUT2D eigenvalue weighted by Gasteiger charge is -2.15. The van der Waals surface area contributed by atoms with Gasteiger partial charge in [0.1, 0.15) is 18.5 Å². The van der Waals surface area contributed by atoms with Gasteiger partial charge in [-0.05, 0) is 30.3 Å². The summed E-state index contributed by atoms with van der Waals surface area (Å²) in [5.41, 5.74) is 0.668. The van der Waals surface area contributed by atoms with E-state index in [0.717, 1.165) is 0 Å². The van der Waals surface area contributed by atoms with Crippen molar-refractivity contribution in [3.63, 3.8) is 0 Å². The second kappa shape index (κ2) is 7.76. The van der Waals surface area contributed by atoms with Crippen LogP contribution in [0.3, 0.4) is 0 Å². The first-order chi connectivity index (χ1) is 10.1. The zero-order valence-corrected chi connectivity index (χ0v) is 13.3. The van der Waals surface area contributed by atoms with Crippen molar-refractivity contribution >= 4 is 40.5 Å². The second-order valence-electron chi connectivity index (χ2n) is 4.40. The monoisotopic (exact) mass is 345 g/mol. The molecule has 0 fully saturated rings. The van der Waals surface area contributed by atoms with Crippen LogP contribution >= 0.6 is 34.8 Å². The van der Waals surface area contributed by atoms with E-state index >= 15 is 0 Å². The first kappa shape index (κ1) is 16.2. The van der Waals surface area contributed by atoms with Crippen molar-refractivity contribution in [2.75, 3.05) is 18.5 Å². The number of para-hydroxylation sites is 1. The van der Waals surface area contributed by atoms with E-state index < -0.39 is 6.10 Å². The molecule has 0 aliphatic heterocycles. The molecule has 112 valence electrons. The van der Waals surface area contributed by atoms with Gasteiger partial charge in [0.05, 0.1) is 15.7 Å². The van der Waals surface area contributed by atoms with Crippen LogP contribution in [0.15, 0.2) is 42.5 Å². The minimum atomic E-state index is -0.712. The fourth-order valence-corrected chi connectivity index (χ4v) is 2.21. The molecule has 0 bridgehead atoms. The highest BCUT2D eigenvalue weighted by atomic mass is 35.5. The molecule has 0 spiro atoms. The van der Waals surface area contributed by atoms with E-state index in [4.69, 9.17) is 39.5 Å². The Morgan fingerprint density at radius 1 is 1.05 bits per heavy atom. The van der Waals surface area contributed by atoms with E-state index in [9.17, 15) is 5.11 Å². The van der Waals surface area contributed by atoms with E-state index in [1.165, 1.54) is 0 Å². The summed E-state index contributed by atoms with van der Waals surface area (Å²) in [5, 5.41) is 14.6. The fraction of sp³-hybridized carbons (Fsp3) is 0.200. The summed E-state index contributed by atoms with van der Waals surface area (Å²) >= 11 is 17.9. The Kier molecular flexibility index (Phi) is 6.00. The van der Waals surface area contributed by atoms with Gasteiger partial charge in [-0.3, -0.25) is 0 Å². The van der Waals surface area contributed by atoms with E-state index in [2.05, 4.69) is 5.32 Å². The number of nitrogens with one attached hydrogen (secondary N) is 1. The summed E-state index contributed by atoms with van der Waals surface area (Å²) < 4.78 is 5.46. The third-order valence-corrected chi connectivity index (χ3v) is 3.60. The van der Waals surface area contributed by atoms with Crippen LogP contribution < -0.4 is 10.1 Å². The lowest BCUT2D eigenvalue weighted by atomic mass is 10.3. The number of aliphatic hydroxyl groups is 1. The molecule has 1 atom stereocenters. The van der Waals surface area contributed by atoms with Crippen LogP contribution in [-0.4, -0.2) is 24.4 Å². The number of hydrogen-bond donors (Lipinski definition) is 2. The normalized spacial score (nSPS) is 12.0. The summed E-state index contributed by atoms with van der Waals surface area (Å²) in [4.78, 5) is 0. The number of aliphatic hydroxyl groups excluding tert-OH is 1. The molecule has 0 saturated heterocycles. The molecule has 0 radical (unpaired) electrons. The van der Waals surface area contributed by atoms with Gasteiger partial charge in [-0.15, -0.1) is 0 Å². The standard InChI is InChI=1S/C15H14Cl3NO2/c16-10-5-6-12(17)14(7-10)19-8-11(20)9-21-15-4-2-1-3-13(15)18/h1-7,11,19-20H,8-9H2. The Bertz CT molecular complexity index is 607. The number of benzene rings is 2. The van der Waals surface area contributed by atoms with Crippen molar-refractivity contribution in [3.8, 4) is 5.75 Å². The van der Waals surface area contributed by atoms with Gasteiger partial charge in [0, 0.05) is 11.6 Å². The molecule has 3 nitrogen and oxygen atoms in total. The second-order valence-corrected chi connectivity index (χ2v) is 5.65. The van der Waals surface area contributed by atoms with Gasteiger partial charge < -0.3 is 15.2 Å². The van der Waals surface area contributed by atoms with Crippen LogP contribution in [0.25, 0.3) is 0 Å². The van der Waals surface area contributed by atoms with E-state index in [1.54, 1.807) is 30.3 Å². The van der Waals surface area contributed by atoms with Crippen molar-refractivity contribution in [1.82, 2.24) is 0 Å². The van der Waals surface area contributed by atoms with E-state index in [1.807, 2.05) is 12.1 Å². The van der Waals surface area contributed by atoms with Gasteiger partial charge in [-0.1, -0.05) is 46.9 Å². The maximum Gasteiger partial charge on any atom is 0.138 e. The first-order valence-corrected chi connectivity index (χ1v) is 7.44. The highest BCUT2D eigenvalue weighted by Crippen LogP contribution is 2.25. The summed E-state index contributed by atoms with van der Waals surface area (Å²) in [5.74, 6) is 0.541. The van der Waals surface area contributed by atoms with Gasteiger partial charge in [0.25, 0.3) is 0 Å². The number of hydrogen-bond acceptors (Lipinski definition) is 3. The fourth-order valence-electron chi connectivity index (χ4n) is 1.67. The molecule has 2 aromatic rings. The number of anilines is 1. The van der Waals surface area contributed by atoms with Gasteiger partial charge in [-0.2, -0.15) is 0 Å². The lowest BCUT2D eigenvalue weighted by molar-refractivity contribution is 0.117. The summed E-state index contributed by atoms with van der Waals surface area (Å²) in [6.07, 6.45) is -0.712. The van der Waals surface area contributed by atoms with Crippen LogP contribution in [0.5, 0.6) is 5.75 Å². The molecule has 0 saturated carbocycles. The van der Waals surface area contributed by atoms with E-state index in [-0.39, 0.29) is 13.2 Å². The van der Waals surface area contributed by atoms with Crippen LogP contribution in [0, 0.1) is 0 Å². The van der Waals surface area contributed by atoms with Gasteiger partial charge in [0.2, 0.25) is 0 Å². The molecule has 1 unspecified atom stereocenters. The first-order valence-electron chi connectivity index (χ1n) is 6.30. The molecule has 0 aromatic heterocycles. The van der Waals surface area contributed by atoms with Crippen molar-refractivity contribution in [1.29, 1.82) is 0 Å². The third kappa shape index (κ3) is 4.97. The minimum Gasteiger partial charge on any atom is -0.489 e. The SMILES string of the molecule is OC(CNc1cc(Cl)ccc1Cl)COc1ccccc1Cl. The minimum absolute atomic E-state index is 0.120. The molecule has 2 rings (SSSR count). The van der Waals surface area contributed by atoms with Crippen molar-refractivity contribution in [2.45, 2.75) is 6.10 Å². The third-order valence-electron chi connectivity index (χ3n) is 2.72. The summed E-state index contributed by atoms with van der Waals surface area (Å²) in [6, 6.07) is 12.2. The molecule has 0 aliphatic carbocycles. The Hall–Kier alpha value is -1.13. The predicted octanol–water partition coefficient (Wildman–Crippen LogP) is 4.50. The van der Waals surface area contributed by atoms with Crippen LogP contribution in [-0.2, 0) is 0 Å². The highest BCUT2D eigenvalue weighted by Gasteiger charge is 2.08. The van der Waals surface area contributed by atoms with Crippen molar-refractivity contribution in [2.24, 2.45) is 0 Å². The lowest BCUT2D eigenvalue weighted by Crippen LogP contribution is -2.26. The van der Waals surface area contributed by atoms with Crippen molar-refractivity contribution in [3.05, 3.63) is 57.5 Å². The molecule has 6 heteroatoms. The Morgan fingerprint density at radius 3 is 2.57 bits per heavy atom. The quantitative estimate of drug-likeness (QED) is 0.809. The smallest absolute Gasteiger partial charge is 0.138 e. The molecular weight excluding hydrogens is 333 g/mol. The average Bonchev–Trinajstić information content (AvgIpc) is 2.47. The van der Waals surface area contributed by atoms with Crippen molar-refractivity contribution < 1.29 is 9.84 Å². The average molecular weight is 347 g/mol. The maximum atomic E-state index is 9.92. The number of halogens is 3.